The lowest BCUT2D eigenvalue weighted by atomic mass is 10.6. The van der Waals surface area contributed by atoms with Crippen molar-refractivity contribution in [1.29, 1.82) is 0 Å². The molecule has 1 fully saturated rings. The standard InChI is InChI=1S/C4H5O5P/c5-3(6)4(10-7)8-1-2-9-4/h1-2H2,(H,5,6). The summed E-state index contributed by atoms with van der Waals surface area (Å²) in [5, 5.41) is 8.41. The van der Waals surface area contributed by atoms with E-state index in [1.165, 1.54) is 0 Å². The molecule has 1 aliphatic heterocycles. The van der Waals surface area contributed by atoms with Gasteiger partial charge < -0.3 is 14.6 Å². The summed E-state index contributed by atoms with van der Waals surface area (Å²) in [7, 11) is -0.669. The number of ether oxygens (including phenoxy) is 2. The van der Waals surface area contributed by atoms with Crippen molar-refractivity contribution in [3.05, 3.63) is 0 Å². The Morgan fingerprint density at radius 1 is 1.50 bits per heavy atom. The summed E-state index contributed by atoms with van der Waals surface area (Å²) in [6.07, 6.45) is 0. The van der Waals surface area contributed by atoms with Gasteiger partial charge in [0.05, 0.1) is 13.2 Å². The molecular weight excluding hydrogens is 159 g/mol. The molecule has 5 nitrogen and oxygen atoms in total. The maximum Gasteiger partial charge on any atom is 0.377 e. The fourth-order valence-corrected chi connectivity index (χ4v) is 0.983. The predicted molar refractivity (Wildman–Crippen MR) is 29.9 cm³/mol. The summed E-state index contributed by atoms with van der Waals surface area (Å²) < 4.78 is 19.4. The molecule has 0 aromatic heterocycles. The van der Waals surface area contributed by atoms with E-state index in [4.69, 9.17) is 5.11 Å². The number of hydrogen-bond donors (Lipinski definition) is 1. The number of carboxylic acid groups (broad SMARTS) is 1. The van der Waals surface area contributed by atoms with E-state index in [0.717, 1.165) is 0 Å². The van der Waals surface area contributed by atoms with E-state index in [1.807, 2.05) is 0 Å². The third kappa shape index (κ3) is 1.03. The smallest absolute Gasteiger partial charge is 0.377 e. The lowest BCUT2D eigenvalue weighted by Crippen LogP contribution is -2.33. The Hall–Kier alpha value is -0.510. The fourth-order valence-electron chi connectivity index (χ4n) is 0.617. The zero-order chi connectivity index (χ0) is 7.61. The highest BCUT2D eigenvalue weighted by Gasteiger charge is 2.46. The van der Waals surface area contributed by atoms with E-state index in [9.17, 15) is 9.36 Å². The van der Waals surface area contributed by atoms with Gasteiger partial charge in [-0.15, -0.1) is 0 Å². The Morgan fingerprint density at radius 3 is 2.20 bits per heavy atom. The zero-order valence-corrected chi connectivity index (χ0v) is 5.84. The highest BCUT2D eigenvalue weighted by atomic mass is 31.1. The second kappa shape index (κ2) is 2.62. The first kappa shape index (κ1) is 7.60. The van der Waals surface area contributed by atoms with E-state index >= 15 is 0 Å². The van der Waals surface area contributed by atoms with Crippen LogP contribution < -0.4 is 0 Å². The van der Waals surface area contributed by atoms with Crippen molar-refractivity contribution in [3.63, 3.8) is 0 Å². The van der Waals surface area contributed by atoms with Gasteiger partial charge in [0.25, 0.3) is 0 Å². The molecule has 10 heavy (non-hydrogen) atoms. The molecule has 0 amide bonds. The van der Waals surface area contributed by atoms with Crippen LogP contribution in [0.5, 0.6) is 0 Å². The first-order valence-corrected chi connectivity index (χ1v) is 3.38. The van der Waals surface area contributed by atoms with Crippen LogP contribution in [0.2, 0.25) is 0 Å². The van der Waals surface area contributed by atoms with Gasteiger partial charge in [0.15, 0.2) is 0 Å². The Balaban J connectivity index is 2.76. The Morgan fingerprint density at radius 2 is 2.00 bits per heavy atom. The van der Waals surface area contributed by atoms with Crippen molar-refractivity contribution in [2.75, 3.05) is 13.2 Å². The summed E-state index contributed by atoms with van der Waals surface area (Å²) in [5.41, 5.74) is -1.93. The minimum Gasteiger partial charge on any atom is -0.477 e. The molecule has 0 aromatic carbocycles. The van der Waals surface area contributed by atoms with Crippen molar-refractivity contribution >= 4 is 14.4 Å². The van der Waals surface area contributed by atoms with Crippen LogP contribution in [0.1, 0.15) is 0 Å². The Labute approximate surface area is 58.1 Å². The van der Waals surface area contributed by atoms with Gasteiger partial charge in [0.1, 0.15) is 0 Å². The Bertz CT molecular complexity index is 161. The van der Waals surface area contributed by atoms with Crippen LogP contribution in [0.25, 0.3) is 0 Å². The minimum atomic E-state index is -1.93. The van der Waals surface area contributed by atoms with Gasteiger partial charge in [-0.25, -0.2) is 4.79 Å². The van der Waals surface area contributed by atoms with Gasteiger partial charge in [0.2, 0.25) is 8.46 Å². The molecule has 1 saturated heterocycles. The number of hydrogen-bond acceptors (Lipinski definition) is 4. The molecule has 1 rings (SSSR count). The van der Waals surface area contributed by atoms with Crippen molar-refractivity contribution in [1.82, 2.24) is 0 Å². The lowest BCUT2D eigenvalue weighted by Gasteiger charge is -2.11. The second-order valence-corrected chi connectivity index (χ2v) is 2.45. The maximum absolute atomic E-state index is 10.3. The number of carboxylic acids is 1. The molecule has 0 unspecified atom stereocenters. The summed E-state index contributed by atoms with van der Waals surface area (Å²) in [4.78, 5) is 10.3. The van der Waals surface area contributed by atoms with E-state index in [1.54, 1.807) is 0 Å². The molecule has 0 spiro atoms. The van der Waals surface area contributed by atoms with Crippen LogP contribution in [-0.2, 0) is 18.8 Å². The largest absolute Gasteiger partial charge is 0.477 e. The van der Waals surface area contributed by atoms with Gasteiger partial charge in [0, 0.05) is 0 Å². The molecule has 6 heteroatoms. The summed E-state index contributed by atoms with van der Waals surface area (Å²) in [5.74, 6) is -1.36. The molecule has 56 valence electrons. The highest BCUT2D eigenvalue weighted by molar-refractivity contribution is 7.27. The van der Waals surface area contributed by atoms with Crippen molar-refractivity contribution < 1.29 is 23.9 Å². The fraction of sp³-hybridized carbons (Fsp3) is 0.750. The van der Waals surface area contributed by atoms with Gasteiger partial charge in [-0.2, -0.15) is 0 Å². The lowest BCUT2D eigenvalue weighted by molar-refractivity contribution is -0.174. The van der Waals surface area contributed by atoms with Crippen LogP contribution >= 0.6 is 8.46 Å². The SMILES string of the molecule is O=PC1(C(=O)O)OCCO1. The third-order valence-electron chi connectivity index (χ3n) is 1.07. The van der Waals surface area contributed by atoms with Crippen LogP contribution in [0.3, 0.4) is 0 Å². The summed E-state index contributed by atoms with van der Waals surface area (Å²) in [6.45, 7) is 0.336. The molecule has 0 aromatic rings. The van der Waals surface area contributed by atoms with Crippen molar-refractivity contribution in [2.24, 2.45) is 0 Å². The molecule has 1 N–H and O–H groups in total. The first-order valence-electron chi connectivity index (χ1n) is 2.57. The molecule has 0 saturated carbocycles. The molecular formula is C4H5O5P. The maximum atomic E-state index is 10.3. The van der Waals surface area contributed by atoms with Gasteiger partial charge in [-0.05, 0) is 0 Å². The van der Waals surface area contributed by atoms with Crippen molar-refractivity contribution in [2.45, 2.75) is 5.53 Å². The molecule has 0 aliphatic carbocycles. The van der Waals surface area contributed by atoms with Crippen LogP contribution in [0.15, 0.2) is 0 Å². The van der Waals surface area contributed by atoms with E-state index in [2.05, 4.69) is 9.47 Å². The number of aliphatic carboxylic acids is 1. The Kier molecular flexibility index (Phi) is 1.99. The van der Waals surface area contributed by atoms with Crippen LogP contribution in [0, 0.1) is 0 Å². The number of carbonyl (C=O) groups is 1. The van der Waals surface area contributed by atoms with E-state index < -0.39 is 20.0 Å². The predicted octanol–water partition coefficient (Wildman–Crippen LogP) is 0.0633. The first-order chi connectivity index (χ1) is 4.71. The molecule has 0 radical (unpaired) electrons. The quantitative estimate of drug-likeness (QED) is 0.584. The highest BCUT2D eigenvalue weighted by Crippen LogP contribution is 2.30. The zero-order valence-electron chi connectivity index (χ0n) is 4.94. The van der Waals surface area contributed by atoms with E-state index in [-0.39, 0.29) is 13.2 Å². The van der Waals surface area contributed by atoms with Crippen molar-refractivity contribution in [3.8, 4) is 0 Å². The average Bonchev–Trinajstić information content (AvgIpc) is 2.35. The monoisotopic (exact) mass is 164 g/mol. The molecule has 1 heterocycles. The van der Waals surface area contributed by atoms with Gasteiger partial charge >= 0.3 is 11.5 Å². The van der Waals surface area contributed by atoms with Gasteiger partial charge in [-0.1, -0.05) is 0 Å². The van der Waals surface area contributed by atoms with Gasteiger partial charge in [-0.3, -0.25) is 4.57 Å². The average molecular weight is 164 g/mol. The third-order valence-corrected chi connectivity index (χ3v) is 1.76. The normalized spacial score (nSPS) is 23.2. The van der Waals surface area contributed by atoms with Crippen LogP contribution in [0.4, 0.5) is 0 Å². The molecule has 1 aliphatic rings. The van der Waals surface area contributed by atoms with Crippen LogP contribution in [-0.4, -0.2) is 29.8 Å². The van der Waals surface area contributed by atoms with E-state index in [0.29, 0.717) is 0 Å². The topological polar surface area (TPSA) is 72.8 Å². The number of rotatable bonds is 2. The summed E-state index contributed by atoms with van der Waals surface area (Å²) >= 11 is 0. The molecule has 0 atom stereocenters. The summed E-state index contributed by atoms with van der Waals surface area (Å²) in [6, 6.07) is 0. The second-order valence-electron chi connectivity index (χ2n) is 1.68. The molecule has 0 bridgehead atoms. The minimum absolute atomic E-state index is 0.168.